The number of benzene rings is 1. The van der Waals surface area contributed by atoms with Crippen LogP contribution in [0.15, 0.2) is 30.3 Å². The fraction of sp³-hybridized carbons (Fsp3) is 0.308. The third-order valence-corrected chi connectivity index (χ3v) is 3.05. The van der Waals surface area contributed by atoms with Crippen LogP contribution in [0.25, 0.3) is 11.3 Å². The maximum atomic E-state index is 5.14. The van der Waals surface area contributed by atoms with E-state index < -0.39 is 0 Å². The molecule has 3 rings (SSSR count). The molecule has 1 aromatic carbocycles. The van der Waals surface area contributed by atoms with Crippen molar-refractivity contribution in [3.63, 3.8) is 0 Å². The maximum Gasteiger partial charge on any atom is 0.118 e. The van der Waals surface area contributed by atoms with Gasteiger partial charge in [-0.1, -0.05) is 0 Å². The highest BCUT2D eigenvalue weighted by atomic mass is 16.5. The summed E-state index contributed by atoms with van der Waals surface area (Å²) in [4.78, 5) is 0. The Labute approximate surface area is 94.7 Å². The highest BCUT2D eigenvalue weighted by Crippen LogP contribution is 2.24. The van der Waals surface area contributed by atoms with Crippen LogP contribution in [0, 0.1) is 0 Å². The second-order valence-electron chi connectivity index (χ2n) is 4.08. The molecule has 1 aliphatic rings. The zero-order chi connectivity index (χ0) is 11.0. The van der Waals surface area contributed by atoms with E-state index in [1.807, 2.05) is 12.1 Å². The molecule has 0 aliphatic carbocycles. The van der Waals surface area contributed by atoms with Crippen LogP contribution in [0.5, 0.6) is 5.75 Å². The third-order valence-electron chi connectivity index (χ3n) is 3.05. The Kier molecular flexibility index (Phi) is 2.17. The minimum absolute atomic E-state index is 0.885. The van der Waals surface area contributed by atoms with Crippen molar-refractivity contribution in [1.29, 1.82) is 0 Å². The molecule has 2 aromatic rings. The highest BCUT2D eigenvalue weighted by Gasteiger charge is 2.14. The largest absolute Gasteiger partial charge is 0.497 e. The van der Waals surface area contributed by atoms with E-state index in [0.29, 0.717) is 0 Å². The van der Waals surface area contributed by atoms with E-state index in [2.05, 4.69) is 28.0 Å². The van der Waals surface area contributed by atoms with Gasteiger partial charge >= 0.3 is 0 Å². The first kappa shape index (κ1) is 9.46. The quantitative estimate of drug-likeness (QED) is 0.768. The van der Waals surface area contributed by atoms with Gasteiger partial charge < -0.3 is 4.74 Å². The van der Waals surface area contributed by atoms with Crippen LogP contribution < -0.4 is 4.74 Å². The normalized spacial score (nSPS) is 13.8. The van der Waals surface area contributed by atoms with Crippen molar-refractivity contribution < 1.29 is 4.74 Å². The summed E-state index contributed by atoms with van der Waals surface area (Å²) in [5.74, 6) is 0.885. The molecular weight excluding hydrogens is 200 g/mol. The predicted octanol–water partition coefficient (Wildman–Crippen LogP) is 2.50. The van der Waals surface area contributed by atoms with E-state index in [9.17, 15) is 0 Å². The number of methoxy groups -OCH3 is 1. The maximum absolute atomic E-state index is 5.14. The molecule has 82 valence electrons. The summed E-state index contributed by atoms with van der Waals surface area (Å²) in [7, 11) is 1.68. The SMILES string of the molecule is COc1ccc(-c2cc3n(n2)CCC3)cc1. The van der Waals surface area contributed by atoms with Gasteiger partial charge in [0.25, 0.3) is 0 Å². The summed E-state index contributed by atoms with van der Waals surface area (Å²) in [6.45, 7) is 1.06. The molecule has 0 saturated heterocycles. The summed E-state index contributed by atoms with van der Waals surface area (Å²) < 4.78 is 7.25. The van der Waals surface area contributed by atoms with Crippen LogP contribution in [-0.2, 0) is 13.0 Å². The molecule has 0 bridgehead atoms. The number of fused-ring (bicyclic) bond motifs is 1. The second-order valence-corrected chi connectivity index (χ2v) is 4.08. The van der Waals surface area contributed by atoms with E-state index >= 15 is 0 Å². The minimum Gasteiger partial charge on any atom is -0.497 e. The summed E-state index contributed by atoms with van der Waals surface area (Å²) in [5.41, 5.74) is 3.57. The number of hydrogen-bond donors (Lipinski definition) is 0. The molecule has 0 atom stereocenters. The Morgan fingerprint density at radius 3 is 2.75 bits per heavy atom. The molecule has 2 heterocycles. The van der Waals surface area contributed by atoms with Gasteiger partial charge in [-0.05, 0) is 43.2 Å². The van der Waals surface area contributed by atoms with Crippen molar-refractivity contribution in [2.24, 2.45) is 0 Å². The molecular formula is C13H14N2O. The topological polar surface area (TPSA) is 27.1 Å². The number of aromatic nitrogens is 2. The predicted molar refractivity (Wildman–Crippen MR) is 62.5 cm³/mol. The molecule has 1 aliphatic heterocycles. The number of aryl methyl sites for hydroxylation is 2. The Balaban J connectivity index is 1.95. The summed E-state index contributed by atoms with van der Waals surface area (Å²) in [6.07, 6.45) is 2.38. The fourth-order valence-electron chi connectivity index (χ4n) is 2.16. The van der Waals surface area contributed by atoms with Crippen LogP contribution in [0.2, 0.25) is 0 Å². The first-order valence-electron chi connectivity index (χ1n) is 5.58. The molecule has 0 amide bonds. The average Bonchev–Trinajstić information content (AvgIpc) is 2.89. The van der Waals surface area contributed by atoms with Crippen molar-refractivity contribution in [3.05, 3.63) is 36.0 Å². The minimum atomic E-state index is 0.885. The van der Waals surface area contributed by atoms with Crippen LogP contribution in [0.1, 0.15) is 12.1 Å². The fourth-order valence-corrected chi connectivity index (χ4v) is 2.16. The van der Waals surface area contributed by atoms with Crippen molar-refractivity contribution in [2.75, 3.05) is 7.11 Å². The van der Waals surface area contributed by atoms with E-state index in [4.69, 9.17) is 4.74 Å². The molecule has 0 fully saturated rings. The summed E-state index contributed by atoms with van der Waals surface area (Å²) >= 11 is 0. The standard InChI is InChI=1S/C13H14N2O/c1-16-12-6-4-10(5-7-12)13-9-11-3-2-8-15(11)14-13/h4-7,9H,2-3,8H2,1H3. The smallest absolute Gasteiger partial charge is 0.118 e. The molecule has 0 unspecified atom stereocenters. The first-order valence-corrected chi connectivity index (χ1v) is 5.58. The Hall–Kier alpha value is -1.77. The molecule has 0 saturated carbocycles. The molecule has 3 nitrogen and oxygen atoms in total. The number of hydrogen-bond acceptors (Lipinski definition) is 2. The lowest BCUT2D eigenvalue weighted by Gasteiger charge is -2.00. The van der Waals surface area contributed by atoms with Crippen LogP contribution in [-0.4, -0.2) is 16.9 Å². The van der Waals surface area contributed by atoms with Crippen molar-refractivity contribution in [1.82, 2.24) is 9.78 Å². The van der Waals surface area contributed by atoms with Crippen molar-refractivity contribution in [2.45, 2.75) is 19.4 Å². The summed E-state index contributed by atoms with van der Waals surface area (Å²) in [5, 5.41) is 4.59. The third kappa shape index (κ3) is 1.48. The Morgan fingerprint density at radius 1 is 1.25 bits per heavy atom. The molecule has 3 heteroatoms. The van der Waals surface area contributed by atoms with Gasteiger partial charge in [-0.3, -0.25) is 4.68 Å². The lowest BCUT2D eigenvalue weighted by Crippen LogP contribution is -1.94. The van der Waals surface area contributed by atoms with Gasteiger partial charge in [-0.15, -0.1) is 0 Å². The number of nitrogens with zero attached hydrogens (tertiary/aromatic N) is 2. The Morgan fingerprint density at radius 2 is 2.06 bits per heavy atom. The van der Waals surface area contributed by atoms with E-state index in [1.54, 1.807) is 7.11 Å². The Bertz CT molecular complexity index is 478. The monoisotopic (exact) mass is 214 g/mol. The zero-order valence-corrected chi connectivity index (χ0v) is 9.31. The zero-order valence-electron chi connectivity index (χ0n) is 9.31. The van der Waals surface area contributed by atoms with E-state index in [-0.39, 0.29) is 0 Å². The number of rotatable bonds is 2. The lowest BCUT2D eigenvalue weighted by atomic mass is 10.1. The molecule has 16 heavy (non-hydrogen) atoms. The molecule has 0 radical (unpaired) electrons. The number of ether oxygens (including phenoxy) is 1. The van der Waals surface area contributed by atoms with Crippen molar-refractivity contribution >= 4 is 0 Å². The van der Waals surface area contributed by atoms with Crippen molar-refractivity contribution in [3.8, 4) is 17.0 Å². The molecule has 1 aromatic heterocycles. The lowest BCUT2D eigenvalue weighted by molar-refractivity contribution is 0.415. The van der Waals surface area contributed by atoms with Gasteiger partial charge in [-0.2, -0.15) is 5.10 Å². The van der Waals surface area contributed by atoms with E-state index in [0.717, 1.165) is 30.0 Å². The van der Waals surface area contributed by atoms with Gasteiger partial charge in [0, 0.05) is 17.8 Å². The molecule has 0 N–H and O–H groups in total. The van der Waals surface area contributed by atoms with Crippen LogP contribution >= 0.6 is 0 Å². The summed E-state index contributed by atoms with van der Waals surface area (Å²) in [6, 6.07) is 10.2. The van der Waals surface area contributed by atoms with Gasteiger partial charge in [0.05, 0.1) is 12.8 Å². The second kappa shape index (κ2) is 3.67. The van der Waals surface area contributed by atoms with Gasteiger partial charge in [0.2, 0.25) is 0 Å². The highest BCUT2D eigenvalue weighted by molar-refractivity contribution is 5.60. The molecule has 0 spiro atoms. The first-order chi connectivity index (χ1) is 7.86. The average molecular weight is 214 g/mol. The van der Waals surface area contributed by atoms with E-state index in [1.165, 1.54) is 12.1 Å². The van der Waals surface area contributed by atoms with Crippen LogP contribution in [0.3, 0.4) is 0 Å². The van der Waals surface area contributed by atoms with Gasteiger partial charge in [-0.25, -0.2) is 0 Å². The van der Waals surface area contributed by atoms with Gasteiger partial charge in [0.15, 0.2) is 0 Å². The van der Waals surface area contributed by atoms with Gasteiger partial charge in [0.1, 0.15) is 5.75 Å². The van der Waals surface area contributed by atoms with Crippen LogP contribution in [0.4, 0.5) is 0 Å².